The maximum atomic E-state index is 13.9. The molecule has 0 unspecified atom stereocenters. The Hall–Kier alpha value is -3.92. The van der Waals surface area contributed by atoms with Crippen molar-refractivity contribution in [3.05, 3.63) is 95.8 Å². The van der Waals surface area contributed by atoms with E-state index < -0.39 is 27.4 Å². The van der Waals surface area contributed by atoms with Crippen LogP contribution >= 0.6 is 0 Å². The van der Waals surface area contributed by atoms with E-state index in [-0.39, 0.29) is 44.2 Å². The van der Waals surface area contributed by atoms with Crippen LogP contribution in [0.3, 0.4) is 0 Å². The highest BCUT2D eigenvalue weighted by molar-refractivity contribution is 7.92. The molecule has 3 aromatic carbocycles. The summed E-state index contributed by atoms with van der Waals surface area (Å²) in [6, 6.07) is 21.1. The summed E-state index contributed by atoms with van der Waals surface area (Å²) in [6.45, 7) is 5.75. The zero-order valence-corrected chi connectivity index (χ0v) is 25.7. The molecule has 0 saturated heterocycles. The first kappa shape index (κ1) is 32.6. The lowest BCUT2D eigenvalue weighted by atomic mass is 10.00. The lowest BCUT2D eigenvalue weighted by molar-refractivity contribution is -0.142. The molecule has 8 nitrogen and oxygen atoms in total. The summed E-state index contributed by atoms with van der Waals surface area (Å²) in [7, 11) is -2.15. The van der Waals surface area contributed by atoms with Gasteiger partial charge in [0.25, 0.3) is 0 Å². The zero-order chi connectivity index (χ0) is 30.9. The average Bonchev–Trinajstić information content (AvgIpc) is 2.92. The highest BCUT2D eigenvalue weighted by Gasteiger charge is 2.32. The normalized spacial score (nSPS) is 12.3. The molecular weight excluding hydrogens is 557 g/mol. The molecule has 226 valence electrons. The number of rotatable bonds is 13. The first-order valence-electron chi connectivity index (χ1n) is 13.8. The molecule has 42 heavy (non-hydrogen) atoms. The number of carbonyl (C=O) groups excluding carboxylic acids is 2. The van der Waals surface area contributed by atoms with Crippen molar-refractivity contribution in [1.82, 2.24) is 10.2 Å². The Morgan fingerprint density at radius 2 is 1.62 bits per heavy atom. The molecule has 10 heteroatoms. The van der Waals surface area contributed by atoms with Crippen LogP contribution in [0.4, 0.5) is 10.1 Å². The van der Waals surface area contributed by atoms with Crippen LogP contribution in [0.15, 0.2) is 78.9 Å². The summed E-state index contributed by atoms with van der Waals surface area (Å²) in [6.07, 6.45) is 1.59. The van der Waals surface area contributed by atoms with Crippen molar-refractivity contribution in [2.24, 2.45) is 0 Å². The van der Waals surface area contributed by atoms with E-state index in [2.05, 4.69) is 5.32 Å². The number of hydrogen-bond acceptors (Lipinski definition) is 5. The number of hydrogen-bond donors (Lipinski definition) is 1. The van der Waals surface area contributed by atoms with E-state index >= 15 is 0 Å². The predicted molar refractivity (Wildman–Crippen MR) is 163 cm³/mol. The summed E-state index contributed by atoms with van der Waals surface area (Å²) < 4.78 is 45.4. The van der Waals surface area contributed by atoms with Gasteiger partial charge in [-0.25, -0.2) is 12.8 Å². The molecule has 1 atom stereocenters. The van der Waals surface area contributed by atoms with Crippen LogP contribution in [0.25, 0.3) is 0 Å². The molecule has 0 saturated carbocycles. The molecule has 0 aliphatic heterocycles. The number of amides is 2. The molecule has 3 rings (SSSR count). The van der Waals surface area contributed by atoms with Crippen molar-refractivity contribution in [3.63, 3.8) is 0 Å². The molecule has 0 fully saturated rings. The Bertz CT molecular complexity index is 1440. The Morgan fingerprint density at radius 3 is 2.21 bits per heavy atom. The van der Waals surface area contributed by atoms with Crippen molar-refractivity contribution in [2.75, 3.05) is 24.2 Å². The van der Waals surface area contributed by atoms with Crippen molar-refractivity contribution in [2.45, 2.75) is 58.2 Å². The Labute approximate surface area is 248 Å². The molecule has 0 aromatic heterocycles. The minimum Gasteiger partial charge on any atom is -0.497 e. The van der Waals surface area contributed by atoms with E-state index in [0.717, 1.165) is 11.8 Å². The van der Waals surface area contributed by atoms with Gasteiger partial charge in [-0.1, -0.05) is 48.5 Å². The summed E-state index contributed by atoms with van der Waals surface area (Å²) in [4.78, 5) is 29.0. The Morgan fingerprint density at radius 1 is 0.952 bits per heavy atom. The second-order valence-corrected chi connectivity index (χ2v) is 13.1. The maximum Gasteiger partial charge on any atom is 0.243 e. The highest BCUT2D eigenvalue weighted by Crippen LogP contribution is 2.24. The number of carbonyl (C=O) groups is 2. The van der Waals surface area contributed by atoms with Gasteiger partial charge in [0.1, 0.15) is 17.6 Å². The van der Waals surface area contributed by atoms with E-state index in [1.807, 2.05) is 51.1 Å². The topological polar surface area (TPSA) is 96.0 Å². The average molecular weight is 598 g/mol. The molecule has 0 aliphatic rings. The molecule has 2 amide bonds. The molecule has 3 aromatic rings. The smallest absolute Gasteiger partial charge is 0.243 e. The minimum absolute atomic E-state index is 0.00866. The minimum atomic E-state index is -3.65. The second kappa shape index (κ2) is 14.3. The first-order valence-corrected chi connectivity index (χ1v) is 15.6. The van der Waals surface area contributed by atoms with Crippen LogP contribution < -0.4 is 14.4 Å². The summed E-state index contributed by atoms with van der Waals surface area (Å²) in [5, 5.41) is 3.00. The van der Waals surface area contributed by atoms with E-state index in [4.69, 9.17) is 4.74 Å². The quantitative estimate of drug-likeness (QED) is 0.301. The number of methoxy groups -OCH3 is 1. The van der Waals surface area contributed by atoms with Gasteiger partial charge in [0.15, 0.2) is 0 Å². The number of ether oxygens (including phenoxy) is 1. The monoisotopic (exact) mass is 597 g/mol. The fourth-order valence-corrected chi connectivity index (χ4v) is 5.52. The van der Waals surface area contributed by atoms with Crippen molar-refractivity contribution in [3.8, 4) is 5.75 Å². The largest absolute Gasteiger partial charge is 0.497 e. The highest BCUT2D eigenvalue weighted by atomic mass is 32.2. The van der Waals surface area contributed by atoms with Crippen molar-refractivity contribution in [1.29, 1.82) is 0 Å². The number of benzene rings is 3. The third-order valence-corrected chi connectivity index (χ3v) is 7.72. The van der Waals surface area contributed by atoms with Gasteiger partial charge < -0.3 is 15.0 Å². The zero-order valence-electron chi connectivity index (χ0n) is 24.8. The van der Waals surface area contributed by atoms with Gasteiger partial charge in [-0.3, -0.25) is 13.9 Å². The summed E-state index contributed by atoms with van der Waals surface area (Å²) in [5.74, 6) is -0.517. The van der Waals surface area contributed by atoms with E-state index in [0.29, 0.717) is 17.0 Å². The van der Waals surface area contributed by atoms with E-state index in [1.165, 1.54) is 28.4 Å². The maximum absolute atomic E-state index is 13.9. The molecule has 0 radical (unpaired) electrons. The van der Waals surface area contributed by atoms with Crippen LogP contribution in [0.2, 0.25) is 0 Å². The van der Waals surface area contributed by atoms with E-state index in [1.54, 1.807) is 36.4 Å². The Balaban J connectivity index is 1.90. The van der Waals surface area contributed by atoms with Crippen LogP contribution in [-0.2, 0) is 32.6 Å². The molecule has 0 aliphatic carbocycles. The standard InChI is InChI=1S/C32H40FN3O5S/c1-32(2,3)34-31(38)29(21-24-11-7-6-8-12-24)35(23-25-16-18-26(33)19-17-25)30(37)15-10-20-36(42(5,39)40)27-13-9-14-28(22-27)41-4/h6-9,11-14,16-19,22,29H,10,15,20-21,23H2,1-5H3,(H,34,38)/t29-/m0/s1. The van der Waals surface area contributed by atoms with Gasteiger partial charge in [0, 0.05) is 37.5 Å². The number of nitrogens with one attached hydrogen (secondary N) is 1. The Kier molecular flexibility index (Phi) is 11.1. The molecule has 0 spiro atoms. The lowest BCUT2D eigenvalue weighted by Gasteiger charge is -2.34. The SMILES string of the molecule is COc1cccc(N(CCCC(=O)N(Cc2ccc(F)cc2)[C@@H](Cc2ccccc2)C(=O)NC(C)(C)C)S(C)(=O)=O)c1. The number of anilines is 1. The van der Waals surface area contributed by atoms with Gasteiger partial charge in [-0.2, -0.15) is 0 Å². The molecule has 0 bridgehead atoms. The van der Waals surface area contributed by atoms with Crippen molar-refractivity contribution >= 4 is 27.5 Å². The number of sulfonamides is 1. The molecular formula is C32H40FN3O5S. The van der Waals surface area contributed by atoms with Crippen LogP contribution in [0.1, 0.15) is 44.7 Å². The first-order chi connectivity index (χ1) is 19.8. The van der Waals surface area contributed by atoms with Gasteiger partial charge >= 0.3 is 0 Å². The molecule has 0 heterocycles. The summed E-state index contributed by atoms with van der Waals surface area (Å²) in [5.41, 5.74) is 1.44. The van der Waals surface area contributed by atoms with Crippen LogP contribution in [0.5, 0.6) is 5.75 Å². The van der Waals surface area contributed by atoms with Gasteiger partial charge in [-0.05, 0) is 62.6 Å². The fraction of sp³-hybridized carbons (Fsp3) is 0.375. The van der Waals surface area contributed by atoms with Crippen LogP contribution in [-0.4, -0.2) is 56.6 Å². The van der Waals surface area contributed by atoms with Gasteiger partial charge in [-0.15, -0.1) is 0 Å². The number of halogens is 1. The third kappa shape index (κ3) is 9.87. The van der Waals surface area contributed by atoms with Crippen LogP contribution in [0, 0.1) is 5.82 Å². The second-order valence-electron chi connectivity index (χ2n) is 11.2. The third-order valence-electron chi connectivity index (χ3n) is 6.53. The molecule has 1 N–H and O–H groups in total. The van der Waals surface area contributed by atoms with Gasteiger partial charge in [0.05, 0.1) is 19.1 Å². The lowest BCUT2D eigenvalue weighted by Crippen LogP contribution is -2.54. The van der Waals surface area contributed by atoms with Gasteiger partial charge in [0.2, 0.25) is 21.8 Å². The number of nitrogens with zero attached hydrogens (tertiary/aromatic N) is 2. The van der Waals surface area contributed by atoms with E-state index in [9.17, 15) is 22.4 Å². The summed E-state index contributed by atoms with van der Waals surface area (Å²) >= 11 is 0. The van der Waals surface area contributed by atoms with Crippen molar-refractivity contribution < 1.29 is 27.1 Å². The predicted octanol–water partition coefficient (Wildman–Crippen LogP) is 4.94. The fourth-order valence-electron chi connectivity index (χ4n) is 4.56.